The molecule has 1 aromatic rings. The third-order valence-corrected chi connectivity index (χ3v) is 3.12. The smallest absolute Gasteiger partial charge is 0.0603 e. The van der Waals surface area contributed by atoms with E-state index in [4.69, 9.17) is 5.73 Å². The van der Waals surface area contributed by atoms with Crippen LogP contribution in [0, 0.1) is 0 Å². The molecule has 0 radical (unpaired) electrons. The second-order valence-corrected chi connectivity index (χ2v) is 4.63. The molecule has 1 aliphatic heterocycles. The van der Waals surface area contributed by atoms with Gasteiger partial charge in [-0.3, -0.25) is 0 Å². The van der Waals surface area contributed by atoms with E-state index in [9.17, 15) is 0 Å². The highest BCUT2D eigenvalue weighted by Gasteiger charge is 2.15. The molecule has 0 unspecified atom stereocenters. The number of halogens is 1. The number of hydrogen-bond donors (Lipinski definition) is 2. The Labute approximate surface area is 98.8 Å². The Hall–Kier alpha value is -0.740. The molecule has 0 aromatic heterocycles. The summed E-state index contributed by atoms with van der Waals surface area (Å²) in [5.41, 5.74) is 8.05. The van der Waals surface area contributed by atoms with Crippen molar-refractivity contribution in [1.29, 1.82) is 0 Å². The van der Waals surface area contributed by atoms with Crippen molar-refractivity contribution in [3.63, 3.8) is 0 Å². The topological polar surface area (TPSA) is 41.3 Å². The van der Waals surface area contributed by atoms with E-state index < -0.39 is 0 Å². The molecule has 82 valence electrons. The molecule has 3 nitrogen and oxygen atoms in total. The molecule has 15 heavy (non-hydrogen) atoms. The van der Waals surface area contributed by atoms with E-state index in [-0.39, 0.29) is 0 Å². The maximum absolute atomic E-state index is 5.54. The van der Waals surface area contributed by atoms with E-state index in [0.29, 0.717) is 0 Å². The van der Waals surface area contributed by atoms with Crippen LogP contribution in [-0.4, -0.2) is 26.2 Å². The van der Waals surface area contributed by atoms with Crippen molar-refractivity contribution in [3.05, 3.63) is 22.7 Å². The Kier molecular flexibility index (Phi) is 3.49. The highest BCUT2D eigenvalue weighted by molar-refractivity contribution is 9.10. The number of rotatable bonds is 3. The van der Waals surface area contributed by atoms with E-state index in [1.54, 1.807) is 0 Å². The minimum Gasteiger partial charge on any atom is -0.382 e. The molecule has 3 N–H and O–H groups in total. The zero-order chi connectivity index (χ0) is 10.7. The van der Waals surface area contributed by atoms with Gasteiger partial charge in [-0.2, -0.15) is 0 Å². The highest BCUT2D eigenvalue weighted by atomic mass is 79.9. The van der Waals surface area contributed by atoms with Crippen molar-refractivity contribution in [3.8, 4) is 0 Å². The van der Waals surface area contributed by atoms with Gasteiger partial charge in [0.05, 0.1) is 11.4 Å². The number of nitrogens with one attached hydrogen (secondary N) is 1. The molecule has 1 aliphatic rings. The van der Waals surface area contributed by atoms with Gasteiger partial charge in [0.1, 0.15) is 0 Å². The van der Waals surface area contributed by atoms with Crippen LogP contribution in [0.3, 0.4) is 0 Å². The van der Waals surface area contributed by atoms with Crippen molar-refractivity contribution < 1.29 is 0 Å². The van der Waals surface area contributed by atoms with Gasteiger partial charge in [0.2, 0.25) is 0 Å². The normalized spacial score (nSPS) is 14.7. The van der Waals surface area contributed by atoms with Gasteiger partial charge in [-0.05, 0) is 31.2 Å². The zero-order valence-corrected chi connectivity index (χ0v) is 10.3. The van der Waals surface area contributed by atoms with Gasteiger partial charge in [-0.1, -0.05) is 15.9 Å². The first-order chi connectivity index (χ1) is 7.31. The van der Waals surface area contributed by atoms with Crippen molar-refractivity contribution in [2.75, 3.05) is 36.4 Å². The van der Waals surface area contributed by atoms with Gasteiger partial charge in [-0.25, -0.2) is 0 Å². The predicted octanol–water partition coefficient (Wildman–Crippen LogP) is 2.03. The number of fused-ring (bicyclic) bond motifs is 1. The minimum atomic E-state index is 0.760. The molecule has 0 amide bonds. The first-order valence-corrected chi connectivity index (χ1v) is 6.09. The summed E-state index contributed by atoms with van der Waals surface area (Å²) < 4.78 is 1.12. The van der Waals surface area contributed by atoms with Gasteiger partial charge in [-0.15, -0.1) is 0 Å². The maximum Gasteiger partial charge on any atom is 0.0603 e. The van der Waals surface area contributed by atoms with E-state index in [2.05, 4.69) is 44.3 Å². The van der Waals surface area contributed by atoms with E-state index >= 15 is 0 Å². The maximum atomic E-state index is 5.54. The lowest BCUT2D eigenvalue weighted by Crippen LogP contribution is -2.35. The Balaban J connectivity index is 2.18. The summed E-state index contributed by atoms with van der Waals surface area (Å²) in [6, 6.07) is 6.37. The van der Waals surface area contributed by atoms with Gasteiger partial charge in [0.15, 0.2) is 0 Å². The van der Waals surface area contributed by atoms with Crippen molar-refractivity contribution in [2.24, 2.45) is 5.73 Å². The first-order valence-electron chi connectivity index (χ1n) is 5.29. The van der Waals surface area contributed by atoms with Crippen LogP contribution in [0.2, 0.25) is 0 Å². The third kappa shape index (κ3) is 2.44. The average Bonchev–Trinajstić information content (AvgIpc) is 2.25. The molecule has 1 heterocycles. The first kappa shape index (κ1) is 10.8. The summed E-state index contributed by atoms with van der Waals surface area (Å²) in [5, 5.41) is 3.41. The van der Waals surface area contributed by atoms with Crippen LogP contribution in [-0.2, 0) is 0 Å². The van der Waals surface area contributed by atoms with E-state index in [0.717, 1.165) is 37.1 Å². The van der Waals surface area contributed by atoms with Crippen molar-refractivity contribution in [1.82, 2.24) is 0 Å². The molecular weight excluding hydrogens is 254 g/mol. The van der Waals surface area contributed by atoms with Gasteiger partial charge in [0.25, 0.3) is 0 Å². The SMILES string of the molecule is NCCCN1CCNc2cc(Br)ccc21. The number of hydrogen-bond acceptors (Lipinski definition) is 3. The monoisotopic (exact) mass is 269 g/mol. The second kappa shape index (κ2) is 4.86. The van der Waals surface area contributed by atoms with Crippen LogP contribution in [0.5, 0.6) is 0 Å². The molecular formula is C11H16BrN3. The molecule has 0 fully saturated rings. The fourth-order valence-corrected chi connectivity index (χ4v) is 2.25. The van der Waals surface area contributed by atoms with Crippen LogP contribution in [0.15, 0.2) is 22.7 Å². The number of nitrogens with two attached hydrogens (primary N) is 1. The molecule has 2 rings (SSSR count). The highest BCUT2D eigenvalue weighted by Crippen LogP contribution is 2.31. The Morgan fingerprint density at radius 1 is 1.47 bits per heavy atom. The summed E-state index contributed by atoms with van der Waals surface area (Å²) in [6.45, 7) is 3.88. The summed E-state index contributed by atoms with van der Waals surface area (Å²) >= 11 is 3.48. The number of nitrogens with zero attached hydrogens (tertiary/aromatic N) is 1. The molecule has 4 heteroatoms. The molecule has 0 bridgehead atoms. The predicted molar refractivity (Wildman–Crippen MR) is 68.5 cm³/mol. The van der Waals surface area contributed by atoms with Crippen LogP contribution in [0.4, 0.5) is 11.4 Å². The quantitative estimate of drug-likeness (QED) is 0.883. The zero-order valence-electron chi connectivity index (χ0n) is 8.67. The van der Waals surface area contributed by atoms with Crippen molar-refractivity contribution in [2.45, 2.75) is 6.42 Å². The van der Waals surface area contributed by atoms with Gasteiger partial charge >= 0.3 is 0 Å². The van der Waals surface area contributed by atoms with Crippen LogP contribution >= 0.6 is 15.9 Å². The lowest BCUT2D eigenvalue weighted by atomic mass is 10.2. The third-order valence-electron chi connectivity index (χ3n) is 2.63. The van der Waals surface area contributed by atoms with Crippen LogP contribution < -0.4 is 16.0 Å². The summed E-state index contributed by atoms with van der Waals surface area (Å²) in [4.78, 5) is 2.39. The van der Waals surface area contributed by atoms with Crippen molar-refractivity contribution >= 4 is 27.3 Å². The van der Waals surface area contributed by atoms with Gasteiger partial charge in [0, 0.05) is 24.1 Å². The summed E-state index contributed by atoms with van der Waals surface area (Å²) in [5.74, 6) is 0. The lowest BCUT2D eigenvalue weighted by molar-refractivity contribution is 0.731. The largest absolute Gasteiger partial charge is 0.382 e. The number of benzene rings is 1. The van der Waals surface area contributed by atoms with E-state index in [1.807, 2.05) is 0 Å². The van der Waals surface area contributed by atoms with E-state index in [1.165, 1.54) is 11.4 Å². The molecule has 0 spiro atoms. The Morgan fingerprint density at radius 2 is 2.33 bits per heavy atom. The van der Waals surface area contributed by atoms with Gasteiger partial charge < -0.3 is 16.0 Å². The van der Waals surface area contributed by atoms with Crippen LogP contribution in [0.25, 0.3) is 0 Å². The second-order valence-electron chi connectivity index (χ2n) is 3.72. The average molecular weight is 270 g/mol. The number of anilines is 2. The Morgan fingerprint density at radius 3 is 3.13 bits per heavy atom. The molecule has 1 aromatic carbocycles. The molecule has 0 saturated heterocycles. The summed E-state index contributed by atoms with van der Waals surface area (Å²) in [6.07, 6.45) is 1.05. The minimum absolute atomic E-state index is 0.760. The fraction of sp³-hybridized carbons (Fsp3) is 0.455. The Bertz CT molecular complexity index is 341. The molecule has 0 saturated carbocycles. The molecule has 0 atom stereocenters. The fourth-order valence-electron chi connectivity index (χ4n) is 1.89. The summed E-state index contributed by atoms with van der Waals surface area (Å²) in [7, 11) is 0. The molecule has 0 aliphatic carbocycles. The lowest BCUT2D eigenvalue weighted by Gasteiger charge is -2.32. The van der Waals surface area contributed by atoms with Crippen LogP contribution in [0.1, 0.15) is 6.42 Å². The standard InChI is InChI=1S/C11H16BrN3/c12-9-2-3-11-10(8-9)14-5-7-15(11)6-1-4-13/h2-3,8,14H,1,4-7,13H2.